The second kappa shape index (κ2) is 7.81. The standard InChI is InChI=1S/C19H18N2O2/c1-2-10-21(14-16-7-5-6-15(11-16)13-20)19(23)12-17-8-3-4-9-18(17)22/h2-9,11,22H,1,10,12,14H2. The summed E-state index contributed by atoms with van der Waals surface area (Å²) < 4.78 is 0. The Labute approximate surface area is 135 Å². The Morgan fingerprint density at radius 3 is 2.74 bits per heavy atom. The molecule has 4 nitrogen and oxygen atoms in total. The van der Waals surface area contributed by atoms with E-state index in [0.29, 0.717) is 24.2 Å². The minimum atomic E-state index is -0.103. The summed E-state index contributed by atoms with van der Waals surface area (Å²) in [6.45, 7) is 4.49. The third-order valence-corrected chi connectivity index (χ3v) is 3.47. The van der Waals surface area contributed by atoms with E-state index in [2.05, 4.69) is 12.6 Å². The average Bonchev–Trinajstić information content (AvgIpc) is 2.56. The van der Waals surface area contributed by atoms with Crippen LogP contribution >= 0.6 is 0 Å². The highest BCUT2D eigenvalue weighted by molar-refractivity contribution is 5.79. The van der Waals surface area contributed by atoms with Crippen molar-refractivity contribution in [3.05, 3.63) is 77.9 Å². The minimum absolute atomic E-state index is 0.103. The van der Waals surface area contributed by atoms with E-state index in [9.17, 15) is 9.90 Å². The Morgan fingerprint density at radius 2 is 2.04 bits per heavy atom. The molecule has 2 aromatic rings. The Kier molecular flexibility index (Phi) is 5.54. The van der Waals surface area contributed by atoms with Gasteiger partial charge in [0.05, 0.1) is 18.1 Å². The molecule has 23 heavy (non-hydrogen) atoms. The summed E-state index contributed by atoms with van der Waals surface area (Å²) >= 11 is 0. The van der Waals surface area contributed by atoms with E-state index in [1.807, 2.05) is 6.07 Å². The first kappa shape index (κ1) is 16.3. The minimum Gasteiger partial charge on any atom is -0.508 e. The third-order valence-electron chi connectivity index (χ3n) is 3.47. The highest BCUT2D eigenvalue weighted by Crippen LogP contribution is 2.18. The maximum atomic E-state index is 12.5. The van der Waals surface area contributed by atoms with Crippen molar-refractivity contribution in [1.29, 1.82) is 5.26 Å². The number of hydrogen-bond acceptors (Lipinski definition) is 3. The lowest BCUT2D eigenvalue weighted by molar-refractivity contribution is -0.130. The van der Waals surface area contributed by atoms with Gasteiger partial charge < -0.3 is 10.0 Å². The van der Waals surface area contributed by atoms with Crippen LogP contribution in [0, 0.1) is 11.3 Å². The van der Waals surface area contributed by atoms with E-state index >= 15 is 0 Å². The van der Waals surface area contributed by atoms with E-state index in [4.69, 9.17) is 5.26 Å². The van der Waals surface area contributed by atoms with Crippen LogP contribution in [0.3, 0.4) is 0 Å². The van der Waals surface area contributed by atoms with E-state index in [0.717, 1.165) is 5.56 Å². The van der Waals surface area contributed by atoms with Crippen molar-refractivity contribution in [1.82, 2.24) is 4.90 Å². The van der Waals surface area contributed by atoms with Crippen molar-refractivity contribution >= 4 is 5.91 Å². The normalized spacial score (nSPS) is 9.87. The molecule has 116 valence electrons. The number of benzene rings is 2. The van der Waals surface area contributed by atoms with Crippen molar-refractivity contribution in [3.63, 3.8) is 0 Å². The fourth-order valence-electron chi connectivity index (χ4n) is 2.31. The number of carbonyl (C=O) groups is 1. The van der Waals surface area contributed by atoms with E-state index in [-0.39, 0.29) is 18.1 Å². The predicted octanol–water partition coefficient (Wildman–Crippen LogP) is 3.02. The molecule has 0 fully saturated rings. The van der Waals surface area contributed by atoms with Gasteiger partial charge in [0.1, 0.15) is 5.75 Å². The lowest BCUT2D eigenvalue weighted by Crippen LogP contribution is -2.32. The summed E-state index contributed by atoms with van der Waals surface area (Å²) in [5, 5.41) is 18.8. The molecule has 1 amide bonds. The summed E-state index contributed by atoms with van der Waals surface area (Å²) in [6.07, 6.45) is 1.79. The maximum absolute atomic E-state index is 12.5. The van der Waals surface area contributed by atoms with Crippen molar-refractivity contribution < 1.29 is 9.90 Å². The molecule has 4 heteroatoms. The second-order valence-corrected chi connectivity index (χ2v) is 5.18. The lowest BCUT2D eigenvalue weighted by atomic mass is 10.1. The van der Waals surface area contributed by atoms with E-state index < -0.39 is 0 Å². The van der Waals surface area contributed by atoms with Crippen LogP contribution in [0.1, 0.15) is 16.7 Å². The van der Waals surface area contributed by atoms with Gasteiger partial charge >= 0.3 is 0 Å². The fraction of sp³-hybridized carbons (Fsp3) is 0.158. The van der Waals surface area contributed by atoms with Gasteiger partial charge in [-0.1, -0.05) is 36.4 Å². The summed E-state index contributed by atoms with van der Waals surface area (Å²) in [4.78, 5) is 14.2. The Morgan fingerprint density at radius 1 is 1.26 bits per heavy atom. The van der Waals surface area contributed by atoms with Gasteiger partial charge in [-0.2, -0.15) is 5.26 Å². The zero-order chi connectivity index (χ0) is 16.7. The molecule has 0 aromatic heterocycles. The number of phenolic OH excluding ortho intramolecular Hbond substituents is 1. The SMILES string of the molecule is C=CCN(Cc1cccc(C#N)c1)C(=O)Cc1ccccc1O. The molecule has 0 aliphatic carbocycles. The molecule has 0 atom stereocenters. The first-order valence-corrected chi connectivity index (χ1v) is 7.28. The quantitative estimate of drug-likeness (QED) is 0.834. The van der Waals surface area contributed by atoms with Gasteiger partial charge in [-0.3, -0.25) is 4.79 Å². The highest BCUT2D eigenvalue weighted by Gasteiger charge is 2.15. The first-order chi connectivity index (χ1) is 11.1. The molecule has 0 heterocycles. The van der Waals surface area contributed by atoms with Gasteiger partial charge in [-0.25, -0.2) is 0 Å². The molecule has 1 N–H and O–H groups in total. The van der Waals surface area contributed by atoms with Crippen LogP contribution in [-0.4, -0.2) is 22.5 Å². The summed E-state index contributed by atoms with van der Waals surface area (Å²) in [6, 6.07) is 16.1. The Bertz CT molecular complexity index is 747. The number of nitrogens with zero attached hydrogens (tertiary/aromatic N) is 2. The molecule has 2 rings (SSSR count). The van der Waals surface area contributed by atoms with Gasteiger partial charge in [0.15, 0.2) is 0 Å². The summed E-state index contributed by atoms with van der Waals surface area (Å²) in [7, 11) is 0. The smallest absolute Gasteiger partial charge is 0.227 e. The van der Waals surface area contributed by atoms with E-state index in [1.54, 1.807) is 53.4 Å². The molecule has 0 aliphatic heterocycles. The third kappa shape index (κ3) is 4.45. The van der Waals surface area contributed by atoms with Crippen molar-refractivity contribution in [3.8, 4) is 11.8 Å². The Balaban J connectivity index is 2.14. The topological polar surface area (TPSA) is 64.3 Å². The van der Waals surface area contributed by atoms with Crippen LogP contribution in [0.5, 0.6) is 5.75 Å². The highest BCUT2D eigenvalue weighted by atomic mass is 16.3. The maximum Gasteiger partial charge on any atom is 0.227 e. The Hall–Kier alpha value is -3.06. The van der Waals surface area contributed by atoms with Crippen LogP contribution in [0.4, 0.5) is 0 Å². The number of nitriles is 1. The predicted molar refractivity (Wildman–Crippen MR) is 88.6 cm³/mol. The molecule has 2 aromatic carbocycles. The number of amides is 1. The van der Waals surface area contributed by atoms with Crippen LogP contribution in [0.25, 0.3) is 0 Å². The second-order valence-electron chi connectivity index (χ2n) is 5.18. The van der Waals surface area contributed by atoms with Crippen LogP contribution in [0.2, 0.25) is 0 Å². The van der Waals surface area contributed by atoms with Gasteiger partial charge in [0.2, 0.25) is 5.91 Å². The molecule has 0 unspecified atom stereocenters. The van der Waals surface area contributed by atoms with Crippen molar-refractivity contribution in [2.24, 2.45) is 0 Å². The molecule has 0 bridgehead atoms. The number of para-hydroxylation sites is 1. The first-order valence-electron chi connectivity index (χ1n) is 7.28. The largest absolute Gasteiger partial charge is 0.508 e. The summed E-state index contributed by atoms with van der Waals surface area (Å²) in [5.74, 6) is 0.0136. The van der Waals surface area contributed by atoms with E-state index in [1.165, 1.54) is 0 Å². The average molecular weight is 306 g/mol. The van der Waals surface area contributed by atoms with Gasteiger partial charge in [-0.15, -0.1) is 6.58 Å². The van der Waals surface area contributed by atoms with Crippen LogP contribution < -0.4 is 0 Å². The van der Waals surface area contributed by atoms with Crippen molar-refractivity contribution in [2.75, 3.05) is 6.54 Å². The van der Waals surface area contributed by atoms with Gasteiger partial charge in [-0.05, 0) is 23.8 Å². The number of carbonyl (C=O) groups excluding carboxylic acids is 1. The number of rotatable bonds is 6. The molecule has 0 radical (unpaired) electrons. The molecule has 0 spiro atoms. The monoisotopic (exact) mass is 306 g/mol. The number of aromatic hydroxyl groups is 1. The molecule has 0 saturated heterocycles. The lowest BCUT2D eigenvalue weighted by Gasteiger charge is -2.21. The molecular weight excluding hydrogens is 288 g/mol. The zero-order valence-electron chi connectivity index (χ0n) is 12.8. The molecule has 0 aliphatic rings. The molecular formula is C19H18N2O2. The molecule has 0 saturated carbocycles. The van der Waals surface area contributed by atoms with Gasteiger partial charge in [0, 0.05) is 18.7 Å². The van der Waals surface area contributed by atoms with Gasteiger partial charge in [0.25, 0.3) is 0 Å². The van der Waals surface area contributed by atoms with Crippen molar-refractivity contribution in [2.45, 2.75) is 13.0 Å². The fourth-order valence-corrected chi connectivity index (χ4v) is 2.31. The van der Waals surface area contributed by atoms with Crippen LogP contribution in [0.15, 0.2) is 61.2 Å². The van der Waals surface area contributed by atoms with Crippen LogP contribution in [-0.2, 0) is 17.8 Å². The zero-order valence-corrected chi connectivity index (χ0v) is 12.8. The number of hydrogen-bond donors (Lipinski definition) is 1. The number of phenols is 1. The summed E-state index contributed by atoms with van der Waals surface area (Å²) in [5.41, 5.74) is 2.04.